The van der Waals surface area contributed by atoms with Crippen LogP contribution in [0.1, 0.15) is 66.7 Å². The van der Waals surface area contributed by atoms with E-state index in [1.54, 1.807) is 0 Å². The van der Waals surface area contributed by atoms with Gasteiger partial charge in [-0.3, -0.25) is 0 Å². The molecule has 0 aliphatic rings. The van der Waals surface area contributed by atoms with Gasteiger partial charge in [0.2, 0.25) is 0 Å². The molecule has 104 valence electrons. The third-order valence-electron chi connectivity index (χ3n) is 4.28. The summed E-state index contributed by atoms with van der Waals surface area (Å²) in [5.74, 6) is 0.889. The minimum atomic E-state index is 0.488. The van der Waals surface area contributed by atoms with Gasteiger partial charge in [-0.25, -0.2) is 0 Å². The molecule has 0 saturated carbocycles. The van der Waals surface area contributed by atoms with Crippen LogP contribution in [0.3, 0.4) is 0 Å². The summed E-state index contributed by atoms with van der Waals surface area (Å²) in [6, 6.07) is 0.670. The molecule has 0 aromatic carbocycles. The van der Waals surface area contributed by atoms with Gasteiger partial charge < -0.3 is 5.32 Å². The van der Waals surface area contributed by atoms with Gasteiger partial charge in [-0.1, -0.05) is 50.3 Å². The van der Waals surface area contributed by atoms with Crippen molar-refractivity contribution in [3.63, 3.8) is 0 Å². The zero-order valence-electron chi connectivity index (χ0n) is 12.5. The van der Waals surface area contributed by atoms with Crippen molar-refractivity contribution < 1.29 is 0 Å². The highest BCUT2D eigenvalue weighted by Crippen LogP contribution is 2.24. The topological polar surface area (TPSA) is 12.0 Å². The van der Waals surface area contributed by atoms with Crippen LogP contribution in [0.4, 0.5) is 0 Å². The molecular formula is C15H32IN. The minimum Gasteiger partial charge on any atom is -0.314 e. The smallest absolute Gasteiger partial charge is 0.00390 e. The maximum atomic E-state index is 3.72. The Hall–Kier alpha value is 0.690. The standard InChI is InChI=1S/C15H32IN/c1-6-15(5,7-2)12-17-14(4)9-8-13(3)10-11-16/h13-14,17H,6-12H2,1-5H3/t13-,14?/m0/s1. The van der Waals surface area contributed by atoms with E-state index in [2.05, 4.69) is 62.5 Å². The van der Waals surface area contributed by atoms with Crippen LogP contribution in [0.2, 0.25) is 0 Å². The highest BCUT2D eigenvalue weighted by molar-refractivity contribution is 14.1. The van der Waals surface area contributed by atoms with Crippen molar-refractivity contribution in [2.24, 2.45) is 11.3 Å². The molecule has 0 aliphatic carbocycles. The molecule has 1 N–H and O–H groups in total. The second-order valence-corrected chi connectivity index (χ2v) is 7.04. The lowest BCUT2D eigenvalue weighted by Gasteiger charge is -2.29. The summed E-state index contributed by atoms with van der Waals surface area (Å²) in [4.78, 5) is 0. The molecule has 0 rings (SSSR count). The van der Waals surface area contributed by atoms with Crippen LogP contribution in [-0.4, -0.2) is 17.0 Å². The van der Waals surface area contributed by atoms with Gasteiger partial charge in [0.1, 0.15) is 0 Å². The van der Waals surface area contributed by atoms with E-state index >= 15 is 0 Å². The Labute approximate surface area is 123 Å². The highest BCUT2D eigenvalue weighted by Gasteiger charge is 2.19. The Bertz CT molecular complexity index is 178. The second-order valence-electron chi connectivity index (χ2n) is 5.96. The summed E-state index contributed by atoms with van der Waals surface area (Å²) < 4.78 is 1.30. The quantitative estimate of drug-likeness (QED) is 0.429. The summed E-state index contributed by atoms with van der Waals surface area (Å²) in [7, 11) is 0. The first-order chi connectivity index (χ1) is 7.97. The molecule has 0 radical (unpaired) electrons. The van der Waals surface area contributed by atoms with Crippen molar-refractivity contribution in [3.8, 4) is 0 Å². The first-order valence-corrected chi connectivity index (χ1v) is 8.79. The molecule has 0 heterocycles. The van der Waals surface area contributed by atoms with Crippen LogP contribution < -0.4 is 5.32 Å². The summed E-state index contributed by atoms with van der Waals surface area (Å²) in [6.45, 7) is 12.9. The molecule has 0 bridgehead atoms. The summed E-state index contributed by atoms with van der Waals surface area (Å²) in [6.07, 6.45) is 6.60. The lowest BCUT2D eigenvalue weighted by Crippen LogP contribution is -2.36. The van der Waals surface area contributed by atoms with Gasteiger partial charge in [0.15, 0.2) is 0 Å². The van der Waals surface area contributed by atoms with Crippen LogP contribution in [-0.2, 0) is 0 Å². The SMILES string of the molecule is CCC(C)(CC)CNC(C)CC[C@H](C)CCI. The van der Waals surface area contributed by atoms with Crippen molar-refractivity contribution in [1.82, 2.24) is 5.32 Å². The maximum Gasteiger partial charge on any atom is 0.00390 e. The number of nitrogens with one attached hydrogen (secondary N) is 1. The molecule has 17 heavy (non-hydrogen) atoms. The molecule has 2 atom stereocenters. The van der Waals surface area contributed by atoms with E-state index in [0.717, 1.165) is 5.92 Å². The third-order valence-corrected chi connectivity index (χ3v) is 4.90. The molecule has 0 aromatic rings. The molecule has 0 aromatic heterocycles. The maximum absolute atomic E-state index is 3.72. The monoisotopic (exact) mass is 353 g/mol. The van der Waals surface area contributed by atoms with Crippen LogP contribution in [0.15, 0.2) is 0 Å². The van der Waals surface area contributed by atoms with Crippen LogP contribution in [0, 0.1) is 11.3 Å². The zero-order valence-corrected chi connectivity index (χ0v) is 14.6. The van der Waals surface area contributed by atoms with E-state index in [4.69, 9.17) is 0 Å². The van der Waals surface area contributed by atoms with Crippen LogP contribution >= 0.6 is 22.6 Å². The van der Waals surface area contributed by atoms with Crippen molar-refractivity contribution in [3.05, 3.63) is 0 Å². The Balaban J connectivity index is 3.75. The van der Waals surface area contributed by atoms with Gasteiger partial charge in [-0.05, 0) is 54.8 Å². The summed E-state index contributed by atoms with van der Waals surface area (Å²) in [5.41, 5.74) is 0.488. The molecule has 0 fully saturated rings. The second kappa shape index (κ2) is 9.60. The summed E-state index contributed by atoms with van der Waals surface area (Å²) in [5, 5.41) is 3.72. The lowest BCUT2D eigenvalue weighted by molar-refractivity contribution is 0.264. The largest absolute Gasteiger partial charge is 0.314 e. The normalized spacial score (nSPS) is 15.9. The number of halogens is 1. The molecule has 0 spiro atoms. The Morgan fingerprint density at radius 2 is 1.65 bits per heavy atom. The zero-order chi connectivity index (χ0) is 13.3. The number of rotatable bonds is 10. The van der Waals surface area contributed by atoms with Crippen LogP contribution in [0.25, 0.3) is 0 Å². The average molecular weight is 353 g/mol. The molecule has 2 heteroatoms. The Kier molecular flexibility index (Phi) is 9.99. The molecule has 0 amide bonds. The predicted molar refractivity (Wildman–Crippen MR) is 88.1 cm³/mol. The van der Waals surface area contributed by atoms with Crippen LogP contribution in [0.5, 0.6) is 0 Å². The van der Waals surface area contributed by atoms with E-state index in [-0.39, 0.29) is 0 Å². The number of alkyl halides is 1. The van der Waals surface area contributed by atoms with Gasteiger partial charge in [0.25, 0.3) is 0 Å². The highest BCUT2D eigenvalue weighted by atomic mass is 127. The first-order valence-electron chi connectivity index (χ1n) is 7.26. The molecule has 0 saturated heterocycles. The van der Waals surface area contributed by atoms with E-state index in [9.17, 15) is 0 Å². The van der Waals surface area contributed by atoms with Gasteiger partial charge in [-0.2, -0.15) is 0 Å². The van der Waals surface area contributed by atoms with Crippen molar-refractivity contribution >= 4 is 22.6 Å². The molecule has 0 aliphatic heterocycles. The van der Waals surface area contributed by atoms with E-state index in [1.807, 2.05) is 0 Å². The van der Waals surface area contributed by atoms with Gasteiger partial charge >= 0.3 is 0 Å². The van der Waals surface area contributed by atoms with Crippen molar-refractivity contribution in [2.75, 3.05) is 11.0 Å². The Morgan fingerprint density at radius 1 is 1.06 bits per heavy atom. The van der Waals surface area contributed by atoms with Gasteiger partial charge in [0, 0.05) is 12.6 Å². The van der Waals surface area contributed by atoms with E-state index < -0.39 is 0 Å². The van der Waals surface area contributed by atoms with Gasteiger partial charge in [-0.15, -0.1) is 0 Å². The fourth-order valence-corrected chi connectivity index (χ4v) is 2.95. The number of hydrogen-bond donors (Lipinski definition) is 1. The Morgan fingerprint density at radius 3 is 2.12 bits per heavy atom. The van der Waals surface area contributed by atoms with E-state index in [0.29, 0.717) is 11.5 Å². The van der Waals surface area contributed by atoms with Gasteiger partial charge in [0.05, 0.1) is 0 Å². The lowest BCUT2D eigenvalue weighted by atomic mass is 9.84. The molecule has 1 unspecified atom stereocenters. The first kappa shape index (κ1) is 17.7. The third kappa shape index (κ3) is 8.41. The number of hydrogen-bond acceptors (Lipinski definition) is 1. The fourth-order valence-electron chi connectivity index (χ4n) is 1.89. The predicted octanol–water partition coefficient (Wildman–Crippen LogP) is 5.03. The molecule has 1 nitrogen and oxygen atoms in total. The van der Waals surface area contributed by atoms with Crippen molar-refractivity contribution in [1.29, 1.82) is 0 Å². The fraction of sp³-hybridized carbons (Fsp3) is 1.00. The average Bonchev–Trinajstić information content (AvgIpc) is 2.34. The van der Waals surface area contributed by atoms with Crippen molar-refractivity contribution in [2.45, 2.75) is 72.8 Å². The summed E-state index contributed by atoms with van der Waals surface area (Å²) >= 11 is 2.48. The minimum absolute atomic E-state index is 0.488. The van der Waals surface area contributed by atoms with E-state index in [1.165, 1.54) is 43.1 Å². The molecular weight excluding hydrogens is 321 g/mol.